The molecule has 1 aromatic heterocycles. The molecule has 0 spiro atoms. The molecule has 0 aliphatic rings. The van der Waals surface area contributed by atoms with Crippen molar-refractivity contribution in [2.45, 2.75) is 16.3 Å². The van der Waals surface area contributed by atoms with E-state index < -0.39 is 10.0 Å². The summed E-state index contributed by atoms with van der Waals surface area (Å²) in [6.45, 7) is 0.0499. The number of hydrogen-bond acceptors (Lipinski definition) is 5. The Morgan fingerprint density at radius 1 is 0.903 bits per heavy atom. The van der Waals surface area contributed by atoms with Gasteiger partial charge in [-0.15, -0.1) is 11.8 Å². The van der Waals surface area contributed by atoms with Crippen LogP contribution in [0.2, 0.25) is 0 Å². The largest absolute Gasteiger partial charge is 0.468 e. The summed E-state index contributed by atoms with van der Waals surface area (Å²) in [5, 5.41) is 5.03. The lowest BCUT2D eigenvalue weighted by Crippen LogP contribution is -2.23. The van der Waals surface area contributed by atoms with Crippen molar-refractivity contribution in [3.8, 4) is 0 Å². The average molecular weight is 453 g/mol. The van der Waals surface area contributed by atoms with E-state index in [0.29, 0.717) is 11.4 Å². The molecule has 1 heterocycles. The summed E-state index contributed by atoms with van der Waals surface area (Å²) in [7, 11) is -3.74. The minimum atomic E-state index is -3.74. The van der Waals surface area contributed by atoms with Crippen LogP contribution in [-0.4, -0.2) is 20.1 Å². The molecule has 4 aromatic rings. The molecule has 8 heteroatoms. The molecule has 2 N–H and O–H groups in total. The predicted molar refractivity (Wildman–Crippen MR) is 122 cm³/mol. The molecule has 0 atom stereocenters. The molecule has 1 amide bonds. The van der Waals surface area contributed by atoms with Gasteiger partial charge < -0.3 is 9.73 Å². The van der Waals surface area contributed by atoms with Gasteiger partial charge in [-0.2, -0.15) is 0 Å². The Labute approximate surface area is 184 Å². The Bertz CT molecular complexity index is 1300. The van der Waals surface area contributed by atoms with E-state index in [1.54, 1.807) is 24.3 Å². The van der Waals surface area contributed by atoms with E-state index in [1.807, 2.05) is 42.5 Å². The van der Waals surface area contributed by atoms with Crippen molar-refractivity contribution >= 4 is 44.2 Å². The molecule has 0 aliphatic carbocycles. The van der Waals surface area contributed by atoms with Crippen LogP contribution in [0.1, 0.15) is 5.76 Å². The van der Waals surface area contributed by atoms with E-state index in [1.165, 1.54) is 30.2 Å². The highest BCUT2D eigenvalue weighted by Gasteiger charge is 2.15. The van der Waals surface area contributed by atoms with Crippen LogP contribution < -0.4 is 10.0 Å². The predicted octanol–water partition coefficient (Wildman–Crippen LogP) is 4.64. The Hall–Kier alpha value is -3.07. The number of carbonyl (C=O) groups excluding carboxylic acids is 1. The van der Waals surface area contributed by atoms with Gasteiger partial charge in [0.05, 0.1) is 23.5 Å². The molecule has 0 radical (unpaired) electrons. The van der Waals surface area contributed by atoms with Gasteiger partial charge in [-0.1, -0.05) is 36.4 Å². The second-order valence-corrected chi connectivity index (χ2v) is 9.59. The van der Waals surface area contributed by atoms with Crippen molar-refractivity contribution in [2.24, 2.45) is 0 Å². The third kappa shape index (κ3) is 5.55. The fourth-order valence-electron chi connectivity index (χ4n) is 3.01. The number of fused-ring (bicyclic) bond motifs is 1. The molecule has 0 aliphatic heterocycles. The summed E-state index contributed by atoms with van der Waals surface area (Å²) in [6.07, 6.45) is 1.48. The van der Waals surface area contributed by atoms with Crippen LogP contribution >= 0.6 is 11.8 Å². The van der Waals surface area contributed by atoms with Gasteiger partial charge in [0, 0.05) is 10.6 Å². The molecular formula is C23H20N2O4S2. The van der Waals surface area contributed by atoms with Crippen LogP contribution in [0.15, 0.2) is 99.3 Å². The van der Waals surface area contributed by atoms with Crippen molar-refractivity contribution in [3.05, 3.63) is 90.9 Å². The number of thioether (sulfide) groups is 1. The molecule has 4 rings (SSSR count). The van der Waals surface area contributed by atoms with E-state index in [4.69, 9.17) is 4.42 Å². The first kappa shape index (κ1) is 21.2. The Balaban J connectivity index is 1.36. The normalized spacial score (nSPS) is 11.5. The smallest absolute Gasteiger partial charge is 0.241 e. The van der Waals surface area contributed by atoms with E-state index in [9.17, 15) is 13.2 Å². The number of amides is 1. The number of benzene rings is 3. The maximum atomic E-state index is 12.5. The maximum Gasteiger partial charge on any atom is 0.241 e. The fraction of sp³-hybridized carbons (Fsp3) is 0.0870. The van der Waals surface area contributed by atoms with Crippen molar-refractivity contribution < 1.29 is 17.6 Å². The third-order valence-corrected chi connectivity index (χ3v) is 6.93. The summed E-state index contributed by atoms with van der Waals surface area (Å²) in [4.78, 5) is 13.4. The molecule has 0 unspecified atom stereocenters. The standard InChI is InChI=1S/C23H20N2O4S2/c26-23(16-30-21-11-10-17-5-1-2-6-18(17)13-21)25-19-7-3-9-22(14-19)31(27,28)24-15-20-8-4-12-29-20/h1-14,24H,15-16H2,(H,25,26). The molecule has 3 aromatic carbocycles. The fourth-order valence-corrected chi connectivity index (χ4v) is 4.79. The number of sulfonamides is 1. The number of rotatable bonds is 8. The average Bonchev–Trinajstić information content (AvgIpc) is 3.30. The molecule has 31 heavy (non-hydrogen) atoms. The van der Waals surface area contributed by atoms with Crippen LogP contribution in [0.5, 0.6) is 0 Å². The van der Waals surface area contributed by atoms with Crippen molar-refractivity contribution in [1.29, 1.82) is 0 Å². The minimum absolute atomic E-state index is 0.0499. The Kier molecular flexibility index (Phi) is 6.41. The molecule has 0 fully saturated rings. The van der Waals surface area contributed by atoms with Crippen LogP contribution in [0.25, 0.3) is 10.8 Å². The number of furan rings is 1. The lowest BCUT2D eigenvalue weighted by Gasteiger charge is -2.09. The summed E-state index contributed by atoms with van der Waals surface area (Å²) >= 11 is 1.43. The second-order valence-electron chi connectivity index (χ2n) is 6.78. The van der Waals surface area contributed by atoms with Crippen LogP contribution in [0.4, 0.5) is 5.69 Å². The molecule has 0 saturated heterocycles. The van der Waals surface area contributed by atoms with Gasteiger partial charge in [0.15, 0.2) is 0 Å². The first-order valence-corrected chi connectivity index (χ1v) is 12.0. The SMILES string of the molecule is O=C(CSc1ccc2ccccc2c1)Nc1cccc(S(=O)(=O)NCc2ccco2)c1. The van der Waals surface area contributed by atoms with Crippen LogP contribution in [-0.2, 0) is 21.4 Å². The molecule has 0 saturated carbocycles. The highest BCUT2D eigenvalue weighted by Crippen LogP contribution is 2.24. The zero-order valence-corrected chi connectivity index (χ0v) is 18.1. The van der Waals surface area contributed by atoms with E-state index >= 15 is 0 Å². The number of anilines is 1. The monoisotopic (exact) mass is 452 g/mol. The van der Waals surface area contributed by atoms with E-state index in [0.717, 1.165) is 15.7 Å². The molecule has 158 valence electrons. The zero-order valence-electron chi connectivity index (χ0n) is 16.4. The minimum Gasteiger partial charge on any atom is -0.468 e. The Morgan fingerprint density at radius 3 is 2.55 bits per heavy atom. The van der Waals surface area contributed by atoms with Crippen molar-refractivity contribution in [1.82, 2.24) is 4.72 Å². The van der Waals surface area contributed by atoms with E-state index in [-0.39, 0.29) is 23.1 Å². The first-order valence-electron chi connectivity index (χ1n) is 9.53. The molecule has 0 bridgehead atoms. The van der Waals surface area contributed by atoms with Gasteiger partial charge >= 0.3 is 0 Å². The first-order chi connectivity index (χ1) is 15.0. The number of nitrogens with one attached hydrogen (secondary N) is 2. The van der Waals surface area contributed by atoms with Gasteiger partial charge in [0.25, 0.3) is 0 Å². The number of hydrogen-bond donors (Lipinski definition) is 2. The van der Waals surface area contributed by atoms with Gasteiger partial charge in [-0.25, -0.2) is 13.1 Å². The van der Waals surface area contributed by atoms with Crippen molar-refractivity contribution in [3.63, 3.8) is 0 Å². The van der Waals surface area contributed by atoms with E-state index in [2.05, 4.69) is 10.0 Å². The Morgan fingerprint density at radius 2 is 1.74 bits per heavy atom. The van der Waals surface area contributed by atoms with Gasteiger partial charge in [0.2, 0.25) is 15.9 Å². The summed E-state index contributed by atoms with van der Waals surface area (Å²) < 4.78 is 32.7. The van der Waals surface area contributed by atoms with Gasteiger partial charge in [-0.3, -0.25) is 4.79 Å². The summed E-state index contributed by atoms with van der Waals surface area (Å²) in [6, 6.07) is 23.6. The van der Waals surface area contributed by atoms with Gasteiger partial charge in [-0.05, 0) is 53.2 Å². The molecule has 6 nitrogen and oxygen atoms in total. The quantitative estimate of drug-likeness (QED) is 0.380. The molecular weight excluding hydrogens is 432 g/mol. The van der Waals surface area contributed by atoms with Crippen LogP contribution in [0, 0.1) is 0 Å². The summed E-state index contributed by atoms with van der Waals surface area (Å²) in [5.74, 6) is 0.515. The lowest BCUT2D eigenvalue weighted by atomic mass is 10.1. The highest BCUT2D eigenvalue weighted by molar-refractivity contribution is 8.00. The number of carbonyl (C=O) groups is 1. The second kappa shape index (κ2) is 9.38. The zero-order chi connectivity index (χ0) is 21.7. The summed E-state index contributed by atoms with van der Waals surface area (Å²) in [5.41, 5.74) is 0.421. The maximum absolute atomic E-state index is 12.5. The topological polar surface area (TPSA) is 88.4 Å². The lowest BCUT2D eigenvalue weighted by molar-refractivity contribution is -0.113. The highest BCUT2D eigenvalue weighted by atomic mass is 32.2. The van der Waals surface area contributed by atoms with Gasteiger partial charge in [0.1, 0.15) is 5.76 Å². The van der Waals surface area contributed by atoms with Crippen LogP contribution in [0.3, 0.4) is 0 Å². The van der Waals surface area contributed by atoms with Crippen molar-refractivity contribution in [2.75, 3.05) is 11.1 Å². The third-order valence-electron chi connectivity index (χ3n) is 4.54.